The Morgan fingerprint density at radius 1 is 1.30 bits per heavy atom. The predicted molar refractivity (Wildman–Crippen MR) is 98.2 cm³/mol. The lowest BCUT2D eigenvalue weighted by Gasteiger charge is -2.24. The average molecular weight is 377 g/mol. The van der Waals surface area contributed by atoms with Gasteiger partial charge < -0.3 is 25.1 Å². The Morgan fingerprint density at radius 3 is 2.74 bits per heavy atom. The summed E-state index contributed by atoms with van der Waals surface area (Å²) in [4.78, 5) is 13.1. The van der Waals surface area contributed by atoms with Crippen LogP contribution in [0.25, 0.3) is 11.2 Å². The molecule has 9 nitrogen and oxygen atoms in total. The largest absolute Gasteiger partial charge is 0.460 e. The summed E-state index contributed by atoms with van der Waals surface area (Å²) < 4.78 is 19.5. The Bertz CT molecular complexity index is 804. The van der Waals surface area contributed by atoms with Gasteiger partial charge in [0.15, 0.2) is 23.2 Å². The molecule has 0 bridgehead atoms. The van der Waals surface area contributed by atoms with Gasteiger partial charge >= 0.3 is 6.01 Å². The molecule has 1 saturated heterocycles. The predicted octanol–water partition coefficient (Wildman–Crippen LogP) is 1.80. The van der Waals surface area contributed by atoms with Gasteiger partial charge in [-0.25, -0.2) is 4.98 Å². The third-order valence-electron chi connectivity index (χ3n) is 5.16. The zero-order valence-corrected chi connectivity index (χ0v) is 15.9. The highest BCUT2D eigenvalue weighted by Crippen LogP contribution is 2.35. The van der Waals surface area contributed by atoms with Crippen LogP contribution >= 0.6 is 0 Å². The number of anilines is 1. The van der Waals surface area contributed by atoms with E-state index in [0.29, 0.717) is 11.2 Å². The van der Waals surface area contributed by atoms with Crippen LogP contribution in [0.4, 0.5) is 5.82 Å². The van der Waals surface area contributed by atoms with E-state index in [1.54, 1.807) is 10.9 Å². The highest BCUT2D eigenvalue weighted by atomic mass is 16.6. The molecule has 3 N–H and O–H groups in total. The highest BCUT2D eigenvalue weighted by Gasteiger charge is 2.44. The number of ether oxygens (including phenoxy) is 3. The molecule has 0 unspecified atom stereocenters. The summed E-state index contributed by atoms with van der Waals surface area (Å²) in [6, 6.07) is 0.251. The van der Waals surface area contributed by atoms with Gasteiger partial charge in [-0.05, 0) is 46.5 Å². The number of hydrogen-bond acceptors (Lipinski definition) is 8. The van der Waals surface area contributed by atoms with Crippen LogP contribution in [-0.4, -0.2) is 55.1 Å². The van der Waals surface area contributed by atoms with E-state index in [-0.39, 0.29) is 30.1 Å². The second-order valence-corrected chi connectivity index (χ2v) is 7.61. The number of rotatable bonds is 5. The fraction of sp³-hybridized carbons (Fsp3) is 0.722. The molecule has 3 heterocycles. The van der Waals surface area contributed by atoms with Crippen LogP contribution < -0.4 is 10.5 Å². The van der Waals surface area contributed by atoms with Crippen molar-refractivity contribution < 1.29 is 19.3 Å². The SMILES string of the molecule is CC(C)O[C@@H]1[C@H](O)[C@@H](C)O[C@H]1n1cnc2c(N)nc(OC3CCCC3)nc21. The first-order chi connectivity index (χ1) is 12.9. The fourth-order valence-electron chi connectivity index (χ4n) is 3.81. The van der Waals surface area contributed by atoms with Crippen molar-refractivity contribution in [3.63, 3.8) is 0 Å². The molecule has 2 aliphatic rings. The molecule has 148 valence electrons. The van der Waals surface area contributed by atoms with Gasteiger partial charge in [0.2, 0.25) is 0 Å². The normalized spacial score (nSPS) is 29.2. The van der Waals surface area contributed by atoms with Gasteiger partial charge in [0.05, 0.1) is 18.5 Å². The number of nitrogen functional groups attached to an aromatic ring is 1. The summed E-state index contributed by atoms with van der Waals surface area (Å²) in [5, 5.41) is 10.5. The third kappa shape index (κ3) is 3.46. The molecule has 0 aromatic carbocycles. The van der Waals surface area contributed by atoms with Crippen LogP contribution in [0.5, 0.6) is 6.01 Å². The van der Waals surface area contributed by atoms with E-state index in [2.05, 4.69) is 15.0 Å². The zero-order valence-electron chi connectivity index (χ0n) is 15.9. The molecule has 2 fully saturated rings. The molecule has 0 radical (unpaired) electrons. The van der Waals surface area contributed by atoms with E-state index in [0.717, 1.165) is 25.7 Å². The van der Waals surface area contributed by atoms with Crippen LogP contribution in [0.3, 0.4) is 0 Å². The molecule has 0 spiro atoms. The summed E-state index contributed by atoms with van der Waals surface area (Å²) in [7, 11) is 0. The third-order valence-corrected chi connectivity index (χ3v) is 5.16. The van der Waals surface area contributed by atoms with Crippen molar-refractivity contribution in [2.24, 2.45) is 0 Å². The summed E-state index contributed by atoms with van der Waals surface area (Å²) in [5.41, 5.74) is 7.08. The number of aliphatic hydroxyl groups excluding tert-OH is 1. The quantitative estimate of drug-likeness (QED) is 0.810. The van der Waals surface area contributed by atoms with Gasteiger partial charge in [0.25, 0.3) is 0 Å². The van der Waals surface area contributed by atoms with E-state index in [1.807, 2.05) is 20.8 Å². The molecule has 2 aromatic heterocycles. The lowest BCUT2D eigenvalue weighted by molar-refractivity contribution is -0.0885. The second kappa shape index (κ2) is 7.21. The van der Waals surface area contributed by atoms with Crippen molar-refractivity contribution in [1.82, 2.24) is 19.5 Å². The van der Waals surface area contributed by atoms with Gasteiger partial charge in [-0.3, -0.25) is 4.57 Å². The van der Waals surface area contributed by atoms with E-state index >= 15 is 0 Å². The summed E-state index contributed by atoms with van der Waals surface area (Å²) in [5.74, 6) is 0.264. The molecule has 4 atom stereocenters. The summed E-state index contributed by atoms with van der Waals surface area (Å²) >= 11 is 0. The molecule has 0 amide bonds. The highest BCUT2D eigenvalue weighted by molar-refractivity contribution is 5.82. The maximum absolute atomic E-state index is 10.5. The Labute approximate surface area is 157 Å². The fourth-order valence-corrected chi connectivity index (χ4v) is 3.81. The van der Waals surface area contributed by atoms with E-state index in [4.69, 9.17) is 19.9 Å². The van der Waals surface area contributed by atoms with Crippen LogP contribution in [-0.2, 0) is 9.47 Å². The maximum Gasteiger partial charge on any atom is 0.320 e. The Balaban J connectivity index is 1.69. The first-order valence-electron chi connectivity index (χ1n) is 9.59. The lowest BCUT2D eigenvalue weighted by atomic mass is 10.1. The van der Waals surface area contributed by atoms with Gasteiger partial charge in [0, 0.05) is 0 Å². The monoisotopic (exact) mass is 377 g/mol. The molecule has 27 heavy (non-hydrogen) atoms. The van der Waals surface area contributed by atoms with E-state index < -0.39 is 18.4 Å². The summed E-state index contributed by atoms with van der Waals surface area (Å²) in [6.45, 7) is 5.66. The first kappa shape index (κ1) is 18.4. The molecular formula is C18H27N5O4. The molecule has 4 rings (SSSR count). The van der Waals surface area contributed by atoms with Crippen LogP contribution in [0.1, 0.15) is 52.7 Å². The zero-order chi connectivity index (χ0) is 19.1. The second-order valence-electron chi connectivity index (χ2n) is 7.61. The average Bonchev–Trinajstić information content (AvgIpc) is 3.31. The standard InChI is InChI=1S/C18H27N5O4/c1-9(2)25-14-13(24)10(3)26-17(14)23-8-20-12-15(19)21-18(22-16(12)23)27-11-6-4-5-7-11/h8-11,13-14,17,24H,4-7H2,1-3H3,(H2,19,21,22)/t10-,13-,14-,17-/m1/s1. The number of aliphatic hydroxyl groups is 1. The molecule has 1 aliphatic carbocycles. The van der Waals surface area contributed by atoms with Crippen molar-refractivity contribution in [3.05, 3.63) is 6.33 Å². The summed E-state index contributed by atoms with van der Waals surface area (Å²) in [6.07, 6.45) is 3.76. The molecule has 1 aliphatic heterocycles. The van der Waals surface area contributed by atoms with Crippen LogP contribution in [0.15, 0.2) is 6.33 Å². The molecule has 1 saturated carbocycles. The van der Waals surface area contributed by atoms with E-state index in [9.17, 15) is 5.11 Å². The number of aromatic nitrogens is 4. The van der Waals surface area contributed by atoms with Gasteiger partial charge in [-0.2, -0.15) is 9.97 Å². The Kier molecular flexibility index (Phi) is 4.92. The van der Waals surface area contributed by atoms with Crippen molar-refractivity contribution >= 4 is 17.0 Å². The first-order valence-corrected chi connectivity index (χ1v) is 9.59. The maximum atomic E-state index is 10.5. The van der Waals surface area contributed by atoms with Gasteiger partial charge in [0.1, 0.15) is 18.3 Å². The van der Waals surface area contributed by atoms with Crippen molar-refractivity contribution in [2.45, 2.75) is 83.2 Å². The number of fused-ring (bicyclic) bond motifs is 1. The molecular weight excluding hydrogens is 350 g/mol. The smallest absolute Gasteiger partial charge is 0.320 e. The molecule has 2 aromatic rings. The minimum atomic E-state index is -0.747. The van der Waals surface area contributed by atoms with Crippen LogP contribution in [0.2, 0.25) is 0 Å². The lowest BCUT2D eigenvalue weighted by Crippen LogP contribution is -2.35. The minimum Gasteiger partial charge on any atom is -0.460 e. The van der Waals surface area contributed by atoms with Crippen molar-refractivity contribution in [3.8, 4) is 6.01 Å². The number of imidazole rings is 1. The number of hydrogen-bond donors (Lipinski definition) is 2. The van der Waals surface area contributed by atoms with Gasteiger partial charge in [-0.15, -0.1) is 0 Å². The van der Waals surface area contributed by atoms with Crippen molar-refractivity contribution in [1.29, 1.82) is 0 Å². The number of nitrogens with two attached hydrogens (primary N) is 1. The Hall–Kier alpha value is -1.97. The molecule has 9 heteroatoms. The van der Waals surface area contributed by atoms with Crippen molar-refractivity contribution in [2.75, 3.05) is 5.73 Å². The Morgan fingerprint density at radius 2 is 2.04 bits per heavy atom. The van der Waals surface area contributed by atoms with E-state index in [1.165, 1.54) is 0 Å². The van der Waals surface area contributed by atoms with Crippen LogP contribution in [0, 0.1) is 0 Å². The topological polar surface area (TPSA) is 118 Å². The number of nitrogens with zero attached hydrogens (tertiary/aromatic N) is 4. The van der Waals surface area contributed by atoms with Gasteiger partial charge in [-0.1, -0.05) is 0 Å². The minimum absolute atomic E-state index is 0.0585.